The SMILES string of the molecule is NCCNC(=O)CS(=O)c1cccc(Br)c1. The molecule has 0 aliphatic carbocycles. The highest BCUT2D eigenvalue weighted by Crippen LogP contribution is 2.14. The Morgan fingerprint density at radius 2 is 2.25 bits per heavy atom. The van der Waals surface area contributed by atoms with E-state index in [-0.39, 0.29) is 11.7 Å². The van der Waals surface area contributed by atoms with E-state index in [1.165, 1.54) is 0 Å². The van der Waals surface area contributed by atoms with Gasteiger partial charge >= 0.3 is 0 Å². The van der Waals surface area contributed by atoms with Crippen molar-refractivity contribution in [3.05, 3.63) is 28.7 Å². The Bertz CT molecular complexity index is 398. The van der Waals surface area contributed by atoms with Crippen LogP contribution >= 0.6 is 15.9 Å². The Morgan fingerprint density at radius 3 is 2.88 bits per heavy atom. The van der Waals surface area contributed by atoms with Gasteiger partial charge in [-0.15, -0.1) is 0 Å². The van der Waals surface area contributed by atoms with Crippen LogP contribution < -0.4 is 11.1 Å². The molecule has 0 saturated heterocycles. The van der Waals surface area contributed by atoms with Crippen LogP contribution in [0.2, 0.25) is 0 Å². The van der Waals surface area contributed by atoms with Crippen molar-refractivity contribution >= 4 is 32.6 Å². The second-order valence-electron chi connectivity index (χ2n) is 3.09. The summed E-state index contributed by atoms with van der Waals surface area (Å²) < 4.78 is 12.6. The summed E-state index contributed by atoms with van der Waals surface area (Å²) in [6, 6.07) is 7.10. The molecule has 88 valence electrons. The number of nitrogens with two attached hydrogens (primary N) is 1. The van der Waals surface area contributed by atoms with Gasteiger partial charge in [0.2, 0.25) is 5.91 Å². The first-order chi connectivity index (χ1) is 7.63. The molecule has 1 amide bonds. The van der Waals surface area contributed by atoms with Crippen LogP contribution in [0.4, 0.5) is 0 Å². The summed E-state index contributed by atoms with van der Waals surface area (Å²) in [4.78, 5) is 11.9. The van der Waals surface area contributed by atoms with Crippen LogP contribution in [0.25, 0.3) is 0 Å². The lowest BCUT2D eigenvalue weighted by Gasteiger charge is -2.04. The van der Waals surface area contributed by atoms with Crippen molar-refractivity contribution in [2.24, 2.45) is 5.73 Å². The smallest absolute Gasteiger partial charge is 0.233 e. The summed E-state index contributed by atoms with van der Waals surface area (Å²) in [6.07, 6.45) is 0. The maximum atomic E-state index is 11.8. The normalized spacial score (nSPS) is 12.1. The van der Waals surface area contributed by atoms with Crippen LogP contribution in [0.5, 0.6) is 0 Å². The number of halogens is 1. The van der Waals surface area contributed by atoms with Crippen molar-refractivity contribution in [1.82, 2.24) is 5.32 Å². The van der Waals surface area contributed by atoms with Gasteiger partial charge in [-0.05, 0) is 18.2 Å². The third kappa shape index (κ3) is 4.42. The highest BCUT2D eigenvalue weighted by molar-refractivity contribution is 9.10. The molecule has 1 atom stereocenters. The van der Waals surface area contributed by atoms with E-state index in [1.807, 2.05) is 6.07 Å². The molecule has 6 heteroatoms. The van der Waals surface area contributed by atoms with Crippen molar-refractivity contribution in [3.8, 4) is 0 Å². The summed E-state index contributed by atoms with van der Waals surface area (Å²) in [7, 11) is -1.31. The van der Waals surface area contributed by atoms with Crippen LogP contribution in [0.1, 0.15) is 0 Å². The highest BCUT2D eigenvalue weighted by atomic mass is 79.9. The first-order valence-corrected chi connectivity index (χ1v) is 6.85. The molecule has 1 aromatic rings. The molecule has 4 nitrogen and oxygen atoms in total. The fraction of sp³-hybridized carbons (Fsp3) is 0.300. The predicted octanol–water partition coefficient (Wildman–Crippen LogP) is 0.632. The van der Waals surface area contributed by atoms with Crippen LogP contribution in [0.15, 0.2) is 33.6 Å². The van der Waals surface area contributed by atoms with Crippen LogP contribution in [-0.4, -0.2) is 29.0 Å². The molecule has 3 N–H and O–H groups in total. The first-order valence-electron chi connectivity index (χ1n) is 4.74. The second kappa shape index (κ2) is 6.78. The molecule has 0 saturated carbocycles. The van der Waals surface area contributed by atoms with E-state index < -0.39 is 10.8 Å². The Morgan fingerprint density at radius 1 is 1.50 bits per heavy atom. The number of hydrogen-bond donors (Lipinski definition) is 2. The van der Waals surface area contributed by atoms with E-state index in [0.717, 1.165) is 4.47 Å². The Balaban J connectivity index is 2.55. The van der Waals surface area contributed by atoms with Gasteiger partial charge in [0.1, 0.15) is 5.75 Å². The molecule has 0 aromatic heterocycles. The Kier molecular flexibility index (Phi) is 5.65. The first kappa shape index (κ1) is 13.3. The molecule has 1 unspecified atom stereocenters. The van der Waals surface area contributed by atoms with E-state index in [2.05, 4.69) is 21.2 Å². The van der Waals surface area contributed by atoms with Gasteiger partial charge < -0.3 is 11.1 Å². The molecule has 0 aliphatic rings. The van der Waals surface area contributed by atoms with Crippen LogP contribution in [-0.2, 0) is 15.6 Å². The summed E-state index contributed by atoms with van der Waals surface area (Å²) in [5.74, 6) is -0.278. The highest BCUT2D eigenvalue weighted by Gasteiger charge is 2.09. The monoisotopic (exact) mass is 304 g/mol. The van der Waals surface area contributed by atoms with Crippen LogP contribution in [0.3, 0.4) is 0 Å². The van der Waals surface area contributed by atoms with Crippen LogP contribution in [0, 0.1) is 0 Å². The third-order valence-corrected chi connectivity index (χ3v) is 3.59. The average Bonchev–Trinajstić information content (AvgIpc) is 2.26. The lowest BCUT2D eigenvalue weighted by atomic mass is 10.4. The fourth-order valence-corrected chi connectivity index (χ4v) is 2.62. The minimum atomic E-state index is -1.31. The molecule has 0 aliphatic heterocycles. The molecular weight excluding hydrogens is 292 g/mol. The van der Waals surface area contributed by atoms with Crippen molar-refractivity contribution in [2.45, 2.75) is 4.90 Å². The molecule has 0 fully saturated rings. The molecule has 0 heterocycles. The second-order valence-corrected chi connectivity index (χ2v) is 5.45. The van der Waals surface area contributed by atoms with Crippen molar-refractivity contribution in [1.29, 1.82) is 0 Å². The lowest BCUT2D eigenvalue weighted by Crippen LogP contribution is -2.32. The Hall–Kier alpha value is -0.720. The number of carbonyl (C=O) groups excluding carboxylic acids is 1. The molecule has 1 rings (SSSR count). The van der Waals surface area contributed by atoms with Gasteiger partial charge in [0, 0.05) is 22.5 Å². The number of carbonyl (C=O) groups is 1. The van der Waals surface area contributed by atoms with Gasteiger partial charge in [-0.1, -0.05) is 22.0 Å². The zero-order chi connectivity index (χ0) is 12.0. The zero-order valence-corrected chi connectivity index (χ0v) is 11.0. The maximum Gasteiger partial charge on any atom is 0.233 e. The third-order valence-electron chi connectivity index (χ3n) is 1.79. The summed E-state index contributed by atoms with van der Waals surface area (Å²) in [5.41, 5.74) is 5.24. The van der Waals surface area contributed by atoms with Gasteiger partial charge in [0.15, 0.2) is 0 Å². The molecular formula is C10H13BrN2O2S. The van der Waals surface area contributed by atoms with E-state index in [1.54, 1.807) is 18.2 Å². The molecule has 0 bridgehead atoms. The van der Waals surface area contributed by atoms with Gasteiger partial charge in [-0.25, -0.2) is 0 Å². The van der Waals surface area contributed by atoms with Gasteiger partial charge in [0.05, 0.1) is 10.8 Å². The number of amides is 1. The molecule has 0 radical (unpaired) electrons. The molecule has 16 heavy (non-hydrogen) atoms. The predicted molar refractivity (Wildman–Crippen MR) is 67.5 cm³/mol. The van der Waals surface area contributed by atoms with Crippen molar-refractivity contribution in [2.75, 3.05) is 18.8 Å². The van der Waals surface area contributed by atoms with E-state index in [4.69, 9.17) is 5.73 Å². The minimum Gasteiger partial charge on any atom is -0.354 e. The Labute approximate surface area is 105 Å². The van der Waals surface area contributed by atoms with E-state index >= 15 is 0 Å². The van der Waals surface area contributed by atoms with Crippen molar-refractivity contribution < 1.29 is 9.00 Å². The summed E-state index contributed by atoms with van der Waals surface area (Å²) in [5, 5.41) is 2.58. The number of benzene rings is 1. The summed E-state index contributed by atoms with van der Waals surface area (Å²) in [6.45, 7) is 0.795. The molecule has 0 spiro atoms. The number of rotatable bonds is 5. The minimum absolute atomic E-state index is 0.0313. The maximum absolute atomic E-state index is 11.8. The van der Waals surface area contributed by atoms with E-state index in [9.17, 15) is 9.00 Å². The van der Waals surface area contributed by atoms with Crippen molar-refractivity contribution in [3.63, 3.8) is 0 Å². The fourth-order valence-electron chi connectivity index (χ4n) is 1.07. The lowest BCUT2D eigenvalue weighted by molar-refractivity contribution is -0.118. The quantitative estimate of drug-likeness (QED) is 0.838. The average molecular weight is 305 g/mol. The topological polar surface area (TPSA) is 72.2 Å². The summed E-state index contributed by atoms with van der Waals surface area (Å²) >= 11 is 3.29. The number of nitrogens with one attached hydrogen (secondary N) is 1. The standard InChI is InChI=1S/C10H13BrN2O2S/c11-8-2-1-3-9(6-8)16(15)7-10(14)13-5-4-12/h1-3,6H,4-5,7,12H2,(H,13,14). The zero-order valence-electron chi connectivity index (χ0n) is 8.61. The van der Waals surface area contributed by atoms with Gasteiger partial charge in [0.25, 0.3) is 0 Å². The number of hydrogen-bond acceptors (Lipinski definition) is 3. The largest absolute Gasteiger partial charge is 0.354 e. The van der Waals surface area contributed by atoms with Gasteiger partial charge in [-0.2, -0.15) is 0 Å². The van der Waals surface area contributed by atoms with Gasteiger partial charge in [-0.3, -0.25) is 9.00 Å². The molecule has 1 aromatic carbocycles. The van der Waals surface area contributed by atoms with E-state index in [0.29, 0.717) is 18.0 Å².